The third kappa shape index (κ3) is 4.44. The van der Waals surface area contributed by atoms with E-state index < -0.39 is 0 Å². The second-order valence-corrected chi connectivity index (χ2v) is 6.50. The van der Waals surface area contributed by atoms with Crippen molar-refractivity contribution in [2.24, 2.45) is 0 Å². The van der Waals surface area contributed by atoms with E-state index in [9.17, 15) is 4.79 Å². The summed E-state index contributed by atoms with van der Waals surface area (Å²) in [6.07, 6.45) is 4.97. The van der Waals surface area contributed by atoms with Crippen molar-refractivity contribution in [2.75, 3.05) is 25.1 Å². The Balaban J connectivity index is 1.39. The van der Waals surface area contributed by atoms with Gasteiger partial charge >= 0.3 is 0 Å². The molecule has 128 valence electrons. The summed E-state index contributed by atoms with van der Waals surface area (Å²) in [5, 5.41) is 3.15. The molecule has 1 aliphatic heterocycles. The highest BCUT2D eigenvalue weighted by molar-refractivity contribution is 6.99. The lowest BCUT2D eigenvalue weighted by Gasteiger charge is -2.32. The smallest absolute Gasteiger partial charge is 0.220 e. The molecule has 6 nitrogen and oxygen atoms in total. The van der Waals surface area contributed by atoms with Crippen LogP contribution in [-0.4, -0.2) is 40.9 Å². The van der Waals surface area contributed by atoms with Crippen LogP contribution in [0.3, 0.4) is 0 Å². The number of hydrogen-bond acceptors (Lipinski definition) is 6. The van der Waals surface area contributed by atoms with Gasteiger partial charge in [-0.1, -0.05) is 12.1 Å². The molecule has 0 saturated carbocycles. The van der Waals surface area contributed by atoms with Gasteiger partial charge in [0.1, 0.15) is 5.75 Å². The van der Waals surface area contributed by atoms with Gasteiger partial charge in [-0.05, 0) is 37.0 Å². The Kier molecular flexibility index (Phi) is 5.63. The highest BCUT2D eigenvalue weighted by Crippen LogP contribution is 2.18. The van der Waals surface area contributed by atoms with E-state index in [1.54, 1.807) is 13.3 Å². The third-order valence-corrected chi connectivity index (χ3v) is 4.80. The fraction of sp³-hybridized carbons (Fsp3) is 0.471. The van der Waals surface area contributed by atoms with E-state index in [0.29, 0.717) is 6.42 Å². The molecule has 0 unspecified atom stereocenters. The number of ether oxygens (including phenoxy) is 1. The number of carbonyl (C=O) groups excluding carboxylic acids is 1. The highest BCUT2D eigenvalue weighted by Gasteiger charge is 2.21. The van der Waals surface area contributed by atoms with Crippen LogP contribution < -0.4 is 15.0 Å². The lowest BCUT2D eigenvalue weighted by molar-refractivity contribution is -0.121. The number of rotatable bonds is 6. The van der Waals surface area contributed by atoms with E-state index >= 15 is 0 Å². The molecule has 1 amide bonds. The van der Waals surface area contributed by atoms with Crippen LogP contribution in [0.1, 0.15) is 24.8 Å². The lowest BCUT2D eigenvalue weighted by Crippen LogP contribution is -2.44. The largest absolute Gasteiger partial charge is 0.497 e. The molecular weight excluding hydrogens is 324 g/mol. The molecule has 0 bridgehead atoms. The van der Waals surface area contributed by atoms with Crippen LogP contribution in [0.25, 0.3) is 0 Å². The van der Waals surface area contributed by atoms with E-state index in [1.807, 2.05) is 24.3 Å². The van der Waals surface area contributed by atoms with Crippen molar-refractivity contribution in [1.82, 2.24) is 14.1 Å². The Morgan fingerprint density at radius 1 is 1.33 bits per heavy atom. The number of piperidine rings is 1. The molecule has 1 aromatic heterocycles. The van der Waals surface area contributed by atoms with Crippen molar-refractivity contribution >= 4 is 23.5 Å². The first-order valence-corrected chi connectivity index (χ1v) is 8.92. The van der Waals surface area contributed by atoms with Crippen LogP contribution in [0, 0.1) is 0 Å². The number of nitrogens with zero attached hydrogens (tertiary/aromatic N) is 3. The van der Waals surface area contributed by atoms with Gasteiger partial charge in [0.25, 0.3) is 0 Å². The maximum absolute atomic E-state index is 12.1. The van der Waals surface area contributed by atoms with Crippen molar-refractivity contribution in [2.45, 2.75) is 31.7 Å². The van der Waals surface area contributed by atoms with Crippen LogP contribution in [0.5, 0.6) is 5.75 Å². The Morgan fingerprint density at radius 3 is 2.71 bits per heavy atom. The molecule has 2 heterocycles. The number of hydrogen-bond donors (Lipinski definition) is 1. The van der Waals surface area contributed by atoms with E-state index in [0.717, 1.165) is 49.5 Å². The molecule has 0 aliphatic carbocycles. The highest BCUT2D eigenvalue weighted by atomic mass is 32.1. The van der Waals surface area contributed by atoms with Gasteiger partial charge < -0.3 is 15.0 Å². The summed E-state index contributed by atoms with van der Waals surface area (Å²) in [5.41, 5.74) is 1.15. The van der Waals surface area contributed by atoms with Crippen LogP contribution in [0.2, 0.25) is 0 Å². The Bertz CT molecular complexity index is 637. The van der Waals surface area contributed by atoms with E-state index in [1.165, 1.54) is 11.7 Å². The number of anilines is 1. The zero-order valence-corrected chi connectivity index (χ0v) is 14.6. The van der Waals surface area contributed by atoms with Gasteiger partial charge in [-0.25, -0.2) is 0 Å². The van der Waals surface area contributed by atoms with Gasteiger partial charge in [0.15, 0.2) is 5.82 Å². The predicted octanol–water partition coefficient (Wildman–Crippen LogP) is 2.26. The molecule has 0 atom stereocenters. The quantitative estimate of drug-likeness (QED) is 0.869. The Morgan fingerprint density at radius 2 is 2.08 bits per heavy atom. The van der Waals surface area contributed by atoms with Crippen molar-refractivity contribution in [3.8, 4) is 5.75 Å². The van der Waals surface area contributed by atoms with Crippen LogP contribution in [-0.2, 0) is 11.2 Å². The summed E-state index contributed by atoms with van der Waals surface area (Å²) in [6, 6.07) is 8.13. The van der Waals surface area contributed by atoms with Gasteiger partial charge in [0.05, 0.1) is 25.0 Å². The molecule has 0 spiro atoms. The van der Waals surface area contributed by atoms with Crippen LogP contribution in [0.4, 0.5) is 5.82 Å². The molecule has 1 aliphatic rings. The van der Waals surface area contributed by atoms with Gasteiger partial charge in [-0.15, -0.1) is 0 Å². The van der Waals surface area contributed by atoms with Crippen molar-refractivity contribution in [1.29, 1.82) is 0 Å². The maximum Gasteiger partial charge on any atom is 0.220 e. The number of benzene rings is 1. The SMILES string of the molecule is COc1ccc(CCC(=O)NC2CCN(c3cnsn3)CC2)cc1. The minimum atomic E-state index is 0.125. The standard InChI is InChI=1S/C17H22N4O2S/c1-23-15-5-2-13(3-6-15)4-7-17(22)19-14-8-10-21(11-9-14)16-12-18-24-20-16/h2-3,5-6,12,14H,4,7-11H2,1H3,(H,19,22). The average molecular weight is 346 g/mol. The number of aromatic nitrogens is 2. The summed E-state index contributed by atoms with van der Waals surface area (Å²) in [7, 11) is 1.65. The van der Waals surface area contributed by atoms with Gasteiger partial charge in [0.2, 0.25) is 5.91 Å². The second kappa shape index (κ2) is 8.10. The van der Waals surface area contributed by atoms with E-state index in [2.05, 4.69) is 19.0 Å². The van der Waals surface area contributed by atoms with Crippen LogP contribution in [0.15, 0.2) is 30.5 Å². The molecule has 3 rings (SSSR count). The second-order valence-electron chi connectivity index (χ2n) is 5.94. The summed E-state index contributed by atoms with van der Waals surface area (Å²) < 4.78 is 13.4. The summed E-state index contributed by atoms with van der Waals surface area (Å²) in [4.78, 5) is 14.4. The zero-order chi connectivity index (χ0) is 16.8. The molecule has 1 fully saturated rings. The van der Waals surface area contributed by atoms with Crippen molar-refractivity contribution < 1.29 is 9.53 Å². The minimum absolute atomic E-state index is 0.125. The maximum atomic E-state index is 12.1. The molecule has 1 aromatic carbocycles. The molecular formula is C17H22N4O2S. The summed E-state index contributed by atoms with van der Waals surface area (Å²) in [6.45, 7) is 1.82. The predicted molar refractivity (Wildman–Crippen MR) is 94.6 cm³/mol. The molecule has 1 N–H and O–H groups in total. The van der Waals surface area contributed by atoms with Gasteiger partial charge in [-0.2, -0.15) is 8.75 Å². The van der Waals surface area contributed by atoms with E-state index in [4.69, 9.17) is 4.74 Å². The fourth-order valence-electron chi connectivity index (χ4n) is 2.90. The first kappa shape index (κ1) is 16.7. The Hall–Kier alpha value is -2.15. The number of carbonyl (C=O) groups is 1. The van der Waals surface area contributed by atoms with E-state index in [-0.39, 0.29) is 11.9 Å². The molecule has 1 saturated heterocycles. The summed E-state index contributed by atoms with van der Waals surface area (Å²) in [5.74, 6) is 1.91. The first-order valence-electron chi connectivity index (χ1n) is 8.19. The molecule has 24 heavy (non-hydrogen) atoms. The van der Waals surface area contributed by atoms with Gasteiger partial charge in [-0.3, -0.25) is 4.79 Å². The third-order valence-electron chi connectivity index (χ3n) is 4.33. The molecule has 0 radical (unpaired) electrons. The number of aryl methyl sites for hydroxylation is 1. The zero-order valence-electron chi connectivity index (χ0n) is 13.8. The molecule has 7 heteroatoms. The number of nitrogens with one attached hydrogen (secondary N) is 1. The topological polar surface area (TPSA) is 67.3 Å². The van der Waals surface area contributed by atoms with Crippen LogP contribution >= 0.6 is 11.7 Å². The average Bonchev–Trinajstić information content (AvgIpc) is 3.16. The Labute approximate surface area is 146 Å². The molecule has 2 aromatic rings. The normalized spacial score (nSPS) is 15.3. The van der Waals surface area contributed by atoms with Crippen molar-refractivity contribution in [3.05, 3.63) is 36.0 Å². The first-order chi connectivity index (χ1) is 11.7. The minimum Gasteiger partial charge on any atom is -0.497 e. The number of amides is 1. The lowest BCUT2D eigenvalue weighted by atomic mass is 10.0. The fourth-order valence-corrected chi connectivity index (χ4v) is 3.34. The van der Waals surface area contributed by atoms with Crippen molar-refractivity contribution in [3.63, 3.8) is 0 Å². The van der Waals surface area contributed by atoms with Gasteiger partial charge in [0, 0.05) is 25.6 Å². The monoisotopic (exact) mass is 346 g/mol. The summed E-state index contributed by atoms with van der Waals surface area (Å²) >= 11 is 1.23. The number of methoxy groups -OCH3 is 1.